The number of nitro groups is 1. The van der Waals surface area contributed by atoms with Crippen LogP contribution in [-0.4, -0.2) is 40.5 Å². The van der Waals surface area contributed by atoms with Crippen LogP contribution in [0.4, 0.5) is 5.69 Å². The summed E-state index contributed by atoms with van der Waals surface area (Å²) in [5.74, 6) is -0.468. The van der Waals surface area contributed by atoms with E-state index in [0.29, 0.717) is 30.0 Å². The molecule has 1 aliphatic heterocycles. The van der Waals surface area contributed by atoms with Gasteiger partial charge in [-0.25, -0.2) is 4.79 Å². The highest BCUT2D eigenvalue weighted by atomic mass is 16.6. The fraction of sp³-hybridized carbons (Fsp3) is 0.375. The summed E-state index contributed by atoms with van der Waals surface area (Å²) in [6.07, 6.45) is 1.58. The molecule has 0 atom stereocenters. The monoisotopic (exact) mass is 331 g/mol. The molecule has 126 valence electrons. The average Bonchev–Trinajstić information content (AvgIpc) is 2.93. The number of rotatable bonds is 5. The van der Waals surface area contributed by atoms with Gasteiger partial charge in [-0.2, -0.15) is 5.10 Å². The Labute approximate surface area is 138 Å². The Morgan fingerprint density at radius 3 is 2.62 bits per heavy atom. The van der Waals surface area contributed by atoms with Crippen molar-refractivity contribution in [2.24, 2.45) is 12.5 Å². The molecule has 0 spiro atoms. The number of hydrogen-bond donors (Lipinski definition) is 0. The first kappa shape index (κ1) is 16.1. The molecule has 8 nitrogen and oxygen atoms in total. The Hall–Kier alpha value is -2.74. The zero-order chi connectivity index (χ0) is 17.3. The molecular weight excluding hydrogens is 314 g/mol. The van der Waals surface area contributed by atoms with Gasteiger partial charge >= 0.3 is 5.97 Å². The molecule has 3 rings (SSSR count). The van der Waals surface area contributed by atoms with E-state index in [0.717, 1.165) is 0 Å². The molecule has 1 aromatic heterocycles. The highest BCUT2D eigenvalue weighted by Crippen LogP contribution is 2.28. The number of nitrogens with zero attached hydrogens (tertiary/aromatic N) is 3. The predicted molar refractivity (Wildman–Crippen MR) is 84.5 cm³/mol. The number of esters is 1. The van der Waals surface area contributed by atoms with Crippen LogP contribution in [0.15, 0.2) is 30.5 Å². The lowest BCUT2D eigenvalue weighted by molar-refractivity contribution is -0.384. The van der Waals surface area contributed by atoms with Crippen LogP contribution in [-0.2, 0) is 16.5 Å². The van der Waals surface area contributed by atoms with Gasteiger partial charge in [0, 0.05) is 36.4 Å². The summed E-state index contributed by atoms with van der Waals surface area (Å²) in [7, 11) is 1.70. The summed E-state index contributed by atoms with van der Waals surface area (Å²) in [6.45, 7) is 3.41. The standard InChI is InChI=1S/C16H17N3O5/c1-16(8-23-9-16)10-24-15(20)13-7-18(2)17-14(13)11-3-5-12(6-4-11)19(21)22/h3-7H,8-10H2,1-2H3. The molecule has 0 saturated carbocycles. The molecule has 2 heterocycles. The largest absolute Gasteiger partial charge is 0.461 e. The number of ether oxygens (including phenoxy) is 2. The first-order valence-electron chi connectivity index (χ1n) is 7.41. The quantitative estimate of drug-likeness (QED) is 0.473. The van der Waals surface area contributed by atoms with E-state index in [4.69, 9.17) is 9.47 Å². The minimum atomic E-state index is -0.473. The first-order chi connectivity index (χ1) is 11.4. The molecule has 0 amide bonds. The number of aromatic nitrogens is 2. The zero-order valence-corrected chi connectivity index (χ0v) is 13.4. The third kappa shape index (κ3) is 3.13. The topological polar surface area (TPSA) is 96.5 Å². The van der Waals surface area contributed by atoms with Crippen molar-refractivity contribution in [2.45, 2.75) is 6.92 Å². The van der Waals surface area contributed by atoms with Crippen LogP contribution < -0.4 is 0 Å². The van der Waals surface area contributed by atoms with E-state index in [-0.39, 0.29) is 17.7 Å². The summed E-state index contributed by atoms with van der Waals surface area (Å²) in [5.41, 5.74) is 1.23. The van der Waals surface area contributed by atoms with Gasteiger partial charge in [0.25, 0.3) is 5.69 Å². The first-order valence-corrected chi connectivity index (χ1v) is 7.41. The van der Waals surface area contributed by atoms with Crippen LogP contribution in [0, 0.1) is 15.5 Å². The van der Waals surface area contributed by atoms with E-state index in [9.17, 15) is 14.9 Å². The summed E-state index contributed by atoms with van der Waals surface area (Å²) in [5, 5.41) is 15.0. The van der Waals surface area contributed by atoms with Gasteiger partial charge in [-0.1, -0.05) is 6.92 Å². The minimum absolute atomic E-state index is 0.0169. The van der Waals surface area contributed by atoms with Crippen LogP contribution in [0.1, 0.15) is 17.3 Å². The molecule has 1 fully saturated rings. The highest BCUT2D eigenvalue weighted by molar-refractivity contribution is 5.96. The van der Waals surface area contributed by atoms with E-state index in [1.807, 2.05) is 6.92 Å². The maximum absolute atomic E-state index is 12.4. The van der Waals surface area contributed by atoms with Gasteiger partial charge in [0.15, 0.2) is 0 Å². The molecule has 8 heteroatoms. The fourth-order valence-corrected chi connectivity index (χ4v) is 2.44. The minimum Gasteiger partial charge on any atom is -0.461 e. The van der Waals surface area contributed by atoms with E-state index in [1.165, 1.54) is 16.8 Å². The number of hydrogen-bond acceptors (Lipinski definition) is 6. The van der Waals surface area contributed by atoms with Crippen molar-refractivity contribution in [2.75, 3.05) is 19.8 Å². The van der Waals surface area contributed by atoms with Gasteiger partial charge in [-0.15, -0.1) is 0 Å². The molecule has 24 heavy (non-hydrogen) atoms. The van der Waals surface area contributed by atoms with E-state index >= 15 is 0 Å². The van der Waals surface area contributed by atoms with Crippen molar-refractivity contribution in [1.82, 2.24) is 9.78 Å². The van der Waals surface area contributed by atoms with Crippen molar-refractivity contribution in [1.29, 1.82) is 0 Å². The van der Waals surface area contributed by atoms with Crippen molar-refractivity contribution in [3.05, 3.63) is 46.1 Å². The third-order valence-corrected chi connectivity index (χ3v) is 3.85. The van der Waals surface area contributed by atoms with Crippen LogP contribution in [0.2, 0.25) is 0 Å². The molecule has 1 aromatic carbocycles. The molecule has 0 aliphatic carbocycles. The van der Waals surface area contributed by atoms with Gasteiger partial charge < -0.3 is 9.47 Å². The smallest absolute Gasteiger partial charge is 0.342 e. The molecule has 0 unspecified atom stereocenters. The lowest BCUT2D eigenvalue weighted by Gasteiger charge is -2.37. The lowest BCUT2D eigenvalue weighted by atomic mass is 9.90. The molecule has 0 radical (unpaired) electrons. The van der Waals surface area contributed by atoms with Gasteiger partial charge in [0.2, 0.25) is 0 Å². The molecule has 1 aliphatic rings. The fourth-order valence-electron chi connectivity index (χ4n) is 2.44. The van der Waals surface area contributed by atoms with Gasteiger partial charge in [0.1, 0.15) is 17.9 Å². The second-order valence-corrected chi connectivity index (χ2v) is 6.25. The summed E-state index contributed by atoms with van der Waals surface area (Å²) >= 11 is 0. The third-order valence-electron chi connectivity index (χ3n) is 3.85. The predicted octanol–water partition coefficient (Wildman–Crippen LogP) is 2.19. The normalized spacial score (nSPS) is 15.6. The zero-order valence-electron chi connectivity index (χ0n) is 13.4. The number of carbonyl (C=O) groups excluding carboxylic acids is 1. The molecule has 2 aromatic rings. The molecule has 0 N–H and O–H groups in total. The van der Waals surface area contributed by atoms with Crippen molar-refractivity contribution in [3.8, 4) is 11.3 Å². The van der Waals surface area contributed by atoms with Gasteiger partial charge in [-0.05, 0) is 12.1 Å². The number of aryl methyl sites for hydroxylation is 1. The van der Waals surface area contributed by atoms with Crippen LogP contribution in [0.3, 0.4) is 0 Å². The van der Waals surface area contributed by atoms with Crippen molar-refractivity contribution >= 4 is 11.7 Å². The van der Waals surface area contributed by atoms with Crippen LogP contribution in [0.5, 0.6) is 0 Å². The second kappa shape index (κ2) is 6.04. The molecule has 1 saturated heterocycles. The summed E-state index contributed by atoms with van der Waals surface area (Å²) < 4.78 is 12.0. The van der Waals surface area contributed by atoms with Gasteiger partial charge in [0.05, 0.1) is 18.1 Å². The Kier molecular flexibility index (Phi) is 4.06. The second-order valence-electron chi connectivity index (χ2n) is 6.25. The lowest BCUT2D eigenvalue weighted by Crippen LogP contribution is -2.44. The van der Waals surface area contributed by atoms with E-state index in [1.54, 1.807) is 25.4 Å². The number of benzene rings is 1. The van der Waals surface area contributed by atoms with Gasteiger partial charge in [-0.3, -0.25) is 14.8 Å². The molecular formula is C16H17N3O5. The van der Waals surface area contributed by atoms with Crippen molar-refractivity contribution < 1.29 is 19.2 Å². The van der Waals surface area contributed by atoms with Crippen molar-refractivity contribution in [3.63, 3.8) is 0 Å². The SMILES string of the molecule is Cn1cc(C(=O)OCC2(C)COC2)c(-c2ccc([N+](=O)[O-])cc2)n1. The summed E-state index contributed by atoms with van der Waals surface area (Å²) in [6, 6.07) is 5.90. The Balaban J connectivity index is 1.81. The highest BCUT2D eigenvalue weighted by Gasteiger charge is 2.35. The van der Waals surface area contributed by atoms with E-state index < -0.39 is 10.9 Å². The number of non-ortho nitro benzene ring substituents is 1. The van der Waals surface area contributed by atoms with Crippen LogP contribution >= 0.6 is 0 Å². The maximum atomic E-state index is 12.4. The van der Waals surface area contributed by atoms with Crippen LogP contribution in [0.25, 0.3) is 11.3 Å². The van der Waals surface area contributed by atoms with E-state index in [2.05, 4.69) is 5.10 Å². The Morgan fingerprint density at radius 2 is 2.08 bits per heavy atom. The maximum Gasteiger partial charge on any atom is 0.342 e. The number of nitro benzene ring substituents is 1. The Bertz CT molecular complexity index is 778. The number of carbonyl (C=O) groups is 1. The average molecular weight is 331 g/mol. The summed E-state index contributed by atoms with van der Waals surface area (Å²) in [4.78, 5) is 22.7. The Morgan fingerprint density at radius 1 is 1.42 bits per heavy atom. The molecule has 0 bridgehead atoms.